The molecule has 1 unspecified atom stereocenters. The first-order valence-corrected chi connectivity index (χ1v) is 4.22. The number of hydrogen-bond donors (Lipinski definition) is 1. The van der Waals surface area contributed by atoms with Crippen molar-refractivity contribution in [3.8, 4) is 0 Å². The smallest absolute Gasteiger partial charge is 0.240 e. The van der Waals surface area contributed by atoms with E-state index < -0.39 is 0 Å². The number of nitrogens with two attached hydrogens (primary N) is 1. The fraction of sp³-hybridized carbons (Fsp3) is 0.250. The van der Waals surface area contributed by atoms with Gasteiger partial charge in [0.2, 0.25) is 5.95 Å². The second-order valence-corrected chi connectivity index (χ2v) is 2.94. The molecule has 0 saturated heterocycles. The van der Waals surface area contributed by atoms with Gasteiger partial charge in [-0.15, -0.1) is 0 Å². The Morgan fingerprint density at radius 3 is 2.64 bits per heavy atom. The van der Waals surface area contributed by atoms with Crippen molar-refractivity contribution in [3.63, 3.8) is 0 Å². The van der Waals surface area contributed by atoms with Crippen LogP contribution in [-0.4, -0.2) is 25.2 Å². The number of pyridine rings is 1. The summed E-state index contributed by atoms with van der Waals surface area (Å²) in [5, 5.41) is 10.9. The molecule has 2 aromatic heterocycles. The van der Waals surface area contributed by atoms with Crippen molar-refractivity contribution in [2.45, 2.75) is 13.0 Å². The van der Waals surface area contributed by atoms with Gasteiger partial charge in [0, 0.05) is 12.4 Å². The van der Waals surface area contributed by atoms with Crippen LogP contribution in [0, 0.1) is 0 Å². The van der Waals surface area contributed by atoms with Crippen LogP contribution in [0.5, 0.6) is 0 Å². The lowest BCUT2D eigenvalue weighted by Gasteiger charge is -2.11. The highest BCUT2D eigenvalue weighted by Crippen LogP contribution is 2.16. The van der Waals surface area contributed by atoms with Crippen molar-refractivity contribution in [2.24, 2.45) is 0 Å². The van der Waals surface area contributed by atoms with Gasteiger partial charge in [-0.25, -0.2) is 4.68 Å². The third-order valence-corrected chi connectivity index (χ3v) is 2.07. The Labute approximate surface area is 80.8 Å². The SMILES string of the molecule is CC(c1ccncc1)n1nnnc1N. The Balaban J connectivity index is 2.34. The minimum atomic E-state index is 0.0213. The summed E-state index contributed by atoms with van der Waals surface area (Å²) in [6.07, 6.45) is 3.46. The molecule has 2 rings (SSSR count). The predicted octanol–water partition coefficient (Wildman–Crippen LogP) is 0.260. The summed E-state index contributed by atoms with van der Waals surface area (Å²) in [6, 6.07) is 3.84. The average Bonchev–Trinajstić information content (AvgIpc) is 2.65. The van der Waals surface area contributed by atoms with Crippen LogP contribution in [0.2, 0.25) is 0 Å². The Morgan fingerprint density at radius 1 is 1.36 bits per heavy atom. The maximum Gasteiger partial charge on any atom is 0.240 e. The molecule has 0 amide bonds. The first-order chi connectivity index (χ1) is 6.79. The number of anilines is 1. The Morgan fingerprint density at radius 2 is 2.07 bits per heavy atom. The number of aromatic nitrogens is 5. The Hall–Kier alpha value is -1.98. The van der Waals surface area contributed by atoms with Crippen molar-refractivity contribution in [3.05, 3.63) is 30.1 Å². The van der Waals surface area contributed by atoms with Gasteiger partial charge in [-0.1, -0.05) is 5.10 Å². The number of rotatable bonds is 2. The Bertz CT molecular complexity index is 409. The van der Waals surface area contributed by atoms with Crippen LogP contribution in [0.25, 0.3) is 0 Å². The molecule has 0 spiro atoms. The van der Waals surface area contributed by atoms with Gasteiger partial charge in [0.15, 0.2) is 0 Å². The first kappa shape index (κ1) is 8.61. The lowest BCUT2D eigenvalue weighted by Crippen LogP contribution is -2.11. The minimum absolute atomic E-state index is 0.0213. The van der Waals surface area contributed by atoms with Crippen molar-refractivity contribution in [2.75, 3.05) is 5.73 Å². The lowest BCUT2D eigenvalue weighted by molar-refractivity contribution is 0.549. The third-order valence-electron chi connectivity index (χ3n) is 2.07. The molecule has 0 saturated carbocycles. The maximum absolute atomic E-state index is 5.59. The molecule has 14 heavy (non-hydrogen) atoms. The molecule has 72 valence electrons. The third kappa shape index (κ3) is 1.41. The van der Waals surface area contributed by atoms with Gasteiger partial charge < -0.3 is 5.73 Å². The molecule has 6 heteroatoms. The number of tetrazole rings is 1. The van der Waals surface area contributed by atoms with E-state index in [1.54, 1.807) is 17.1 Å². The summed E-state index contributed by atoms with van der Waals surface area (Å²) in [4.78, 5) is 3.94. The summed E-state index contributed by atoms with van der Waals surface area (Å²) in [6.45, 7) is 1.97. The molecule has 0 aromatic carbocycles. The van der Waals surface area contributed by atoms with Crippen molar-refractivity contribution in [1.29, 1.82) is 0 Å². The molecule has 0 aliphatic rings. The van der Waals surface area contributed by atoms with E-state index in [0.29, 0.717) is 5.95 Å². The minimum Gasteiger partial charge on any atom is -0.367 e. The molecule has 0 fully saturated rings. The van der Waals surface area contributed by atoms with Crippen LogP contribution < -0.4 is 5.73 Å². The zero-order valence-corrected chi connectivity index (χ0v) is 7.70. The van der Waals surface area contributed by atoms with Crippen molar-refractivity contribution < 1.29 is 0 Å². The van der Waals surface area contributed by atoms with Crippen molar-refractivity contribution in [1.82, 2.24) is 25.2 Å². The van der Waals surface area contributed by atoms with E-state index in [2.05, 4.69) is 20.5 Å². The highest BCUT2D eigenvalue weighted by Gasteiger charge is 2.11. The van der Waals surface area contributed by atoms with Crippen LogP contribution in [0.3, 0.4) is 0 Å². The normalized spacial score (nSPS) is 12.6. The van der Waals surface area contributed by atoms with E-state index in [4.69, 9.17) is 5.73 Å². The molecule has 2 aromatic rings. The molecule has 0 bridgehead atoms. The average molecular weight is 190 g/mol. The van der Waals surface area contributed by atoms with Crippen LogP contribution in [0.4, 0.5) is 5.95 Å². The Kier molecular flexibility index (Phi) is 2.10. The van der Waals surface area contributed by atoms with Gasteiger partial charge >= 0.3 is 0 Å². The van der Waals surface area contributed by atoms with E-state index in [9.17, 15) is 0 Å². The summed E-state index contributed by atoms with van der Waals surface area (Å²) < 4.78 is 1.56. The topological polar surface area (TPSA) is 82.5 Å². The van der Waals surface area contributed by atoms with Crippen molar-refractivity contribution >= 4 is 5.95 Å². The zero-order valence-electron chi connectivity index (χ0n) is 7.70. The monoisotopic (exact) mass is 190 g/mol. The van der Waals surface area contributed by atoms with E-state index in [1.165, 1.54) is 0 Å². The van der Waals surface area contributed by atoms with E-state index in [0.717, 1.165) is 5.56 Å². The standard InChI is InChI=1S/C8H10N6/c1-6(7-2-4-10-5-3-7)14-8(9)11-12-13-14/h2-6H,1H3,(H2,9,11,13). The predicted molar refractivity (Wildman–Crippen MR) is 50.3 cm³/mol. The molecule has 2 N–H and O–H groups in total. The van der Waals surface area contributed by atoms with E-state index in [1.807, 2.05) is 19.1 Å². The second-order valence-electron chi connectivity index (χ2n) is 2.94. The van der Waals surface area contributed by atoms with Gasteiger partial charge in [-0.05, 0) is 35.0 Å². The van der Waals surface area contributed by atoms with Crippen LogP contribution in [-0.2, 0) is 0 Å². The van der Waals surface area contributed by atoms with Gasteiger partial charge in [0.05, 0.1) is 6.04 Å². The molecule has 0 radical (unpaired) electrons. The van der Waals surface area contributed by atoms with Crippen LogP contribution >= 0.6 is 0 Å². The molecule has 0 aliphatic carbocycles. The molecule has 0 aliphatic heterocycles. The summed E-state index contributed by atoms with van der Waals surface area (Å²) in [5.74, 6) is 0.314. The molecular weight excluding hydrogens is 180 g/mol. The number of hydrogen-bond acceptors (Lipinski definition) is 5. The molecule has 6 nitrogen and oxygen atoms in total. The largest absolute Gasteiger partial charge is 0.367 e. The highest BCUT2D eigenvalue weighted by atomic mass is 15.6. The van der Waals surface area contributed by atoms with Crippen LogP contribution in [0.1, 0.15) is 18.5 Å². The van der Waals surface area contributed by atoms with Gasteiger partial charge in [0.25, 0.3) is 0 Å². The summed E-state index contributed by atoms with van der Waals surface area (Å²) >= 11 is 0. The molecular formula is C8H10N6. The van der Waals surface area contributed by atoms with E-state index >= 15 is 0 Å². The maximum atomic E-state index is 5.59. The lowest BCUT2D eigenvalue weighted by atomic mass is 10.1. The highest BCUT2D eigenvalue weighted by molar-refractivity contribution is 5.20. The fourth-order valence-electron chi connectivity index (χ4n) is 1.26. The van der Waals surface area contributed by atoms with Gasteiger partial charge in [0.1, 0.15) is 0 Å². The molecule has 2 heterocycles. The van der Waals surface area contributed by atoms with Crippen LogP contribution in [0.15, 0.2) is 24.5 Å². The van der Waals surface area contributed by atoms with Gasteiger partial charge in [-0.2, -0.15) is 0 Å². The van der Waals surface area contributed by atoms with Gasteiger partial charge in [-0.3, -0.25) is 4.98 Å². The number of nitrogens with zero attached hydrogens (tertiary/aromatic N) is 5. The zero-order chi connectivity index (χ0) is 9.97. The summed E-state index contributed by atoms with van der Waals surface area (Å²) in [7, 11) is 0. The second kappa shape index (κ2) is 3.41. The molecule has 1 atom stereocenters. The first-order valence-electron chi connectivity index (χ1n) is 4.22. The number of nitrogen functional groups attached to an aromatic ring is 1. The fourth-order valence-corrected chi connectivity index (χ4v) is 1.26. The van der Waals surface area contributed by atoms with E-state index in [-0.39, 0.29) is 6.04 Å². The summed E-state index contributed by atoms with van der Waals surface area (Å²) in [5.41, 5.74) is 6.66. The quantitative estimate of drug-likeness (QED) is 0.734.